The maximum atomic E-state index is 11.9. The Bertz CT molecular complexity index is 497. The van der Waals surface area contributed by atoms with Gasteiger partial charge in [-0.1, -0.05) is 26.8 Å². The molecule has 0 aromatic heterocycles. The van der Waals surface area contributed by atoms with Crippen molar-refractivity contribution in [2.45, 2.75) is 65.8 Å². The lowest BCUT2D eigenvalue weighted by atomic mass is 9.97. The second-order valence-electron chi connectivity index (χ2n) is 8.92. The molecule has 0 saturated carbocycles. The molecule has 0 saturated heterocycles. The topological polar surface area (TPSA) is 61.8 Å². The zero-order chi connectivity index (χ0) is 18.8. The summed E-state index contributed by atoms with van der Waals surface area (Å²) in [5.74, 6) is -0.826. The van der Waals surface area contributed by atoms with Gasteiger partial charge in [0.2, 0.25) is 0 Å². The molecule has 138 valence electrons. The third-order valence-electron chi connectivity index (χ3n) is 4.66. The van der Waals surface area contributed by atoms with E-state index in [1.54, 1.807) is 6.08 Å². The van der Waals surface area contributed by atoms with Crippen LogP contribution in [0, 0.1) is 11.3 Å². The Morgan fingerprint density at radius 3 is 2.25 bits per heavy atom. The summed E-state index contributed by atoms with van der Waals surface area (Å²) in [6.07, 6.45) is 2.71. The van der Waals surface area contributed by atoms with E-state index in [1.165, 1.54) is 6.08 Å². The van der Waals surface area contributed by atoms with Gasteiger partial charge in [0.05, 0.1) is 17.9 Å². The van der Waals surface area contributed by atoms with Gasteiger partial charge in [-0.3, -0.25) is 4.79 Å². The molecule has 0 spiro atoms. The lowest BCUT2D eigenvalue weighted by Crippen LogP contribution is -2.45. The summed E-state index contributed by atoms with van der Waals surface area (Å²) in [6, 6.07) is 0. The molecule has 1 rings (SSSR count). The zero-order valence-corrected chi connectivity index (χ0v) is 17.3. The van der Waals surface area contributed by atoms with Crippen LogP contribution in [0.3, 0.4) is 0 Å². The highest BCUT2D eigenvalue weighted by Crippen LogP contribution is 2.37. The lowest BCUT2D eigenvalue weighted by Gasteiger charge is -2.38. The molecule has 0 aliphatic carbocycles. The van der Waals surface area contributed by atoms with Gasteiger partial charge >= 0.3 is 11.9 Å². The van der Waals surface area contributed by atoms with Crippen LogP contribution in [-0.4, -0.2) is 39.6 Å². The molecule has 0 bridgehead atoms. The molecule has 0 unspecified atom stereocenters. The molecule has 5 nitrogen and oxygen atoms in total. The first-order valence-electron chi connectivity index (χ1n) is 8.44. The van der Waals surface area contributed by atoms with E-state index >= 15 is 0 Å². The van der Waals surface area contributed by atoms with Crippen LogP contribution in [0.2, 0.25) is 18.1 Å². The molecule has 1 aliphatic heterocycles. The van der Waals surface area contributed by atoms with Crippen LogP contribution in [-0.2, 0) is 23.5 Å². The Balaban J connectivity index is 2.71. The highest BCUT2D eigenvalue weighted by atomic mass is 28.4. The fourth-order valence-electron chi connectivity index (χ4n) is 1.82. The molecular weight excluding hydrogens is 324 g/mol. The molecular formula is C18H32O5Si. The summed E-state index contributed by atoms with van der Waals surface area (Å²) < 4.78 is 17.0. The first-order valence-corrected chi connectivity index (χ1v) is 11.3. The van der Waals surface area contributed by atoms with Crippen molar-refractivity contribution in [3.8, 4) is 0 Å². The normalized spacial score (nSPS) is 22.2. The number of cyclic esters (lactones) is 1. The van der Waals surface area contributed by atoms with Gasteiger partial charge < -0.3 is 13.9 Å². The Kier molecular flexibility index (Phi) is 6.44. The number of hydrogen-bond donors (Lipinski definition) is 0. The first kappa shape index (κ1) is 20.9. The molecule has 0 N–H and O–H groups in total. The van der Waals surface area contributed by atoms with Crippen molar-refractivity contribution < 1.29 is 23.5 Å². The predicted octanol–water partition coefficient (Wildman–Crippen LogP) is 3.70. The third kappa shape index (κ3) is 5.74. The standard InChI is InChI=1S/C18H32O5Si/c1-17(2,3)16(20)21-11-13-9-10-15(19)23-14(13)12-22-24(7,8)18(4,5)6/h9-10,13-14H,11-12H2,1-8H3/t13-,14-/m0/s1. The van der Waals surface area contributed by atoms with Gasteiger partial charge in [0.25, 0.3) is 0 Å². The van der Waals surface area contributed by atoms with Crippen molar-refractivity contribution >= 4 is 20.3 Å². The molecule has 2 atom stereocenters. The Morgan fingerprint density at radius 1 is 1.17 bits per heavy atom. The van der Waals surface area contributed by atoms with Gasteiger partial charge in [0.1, 0.15) is 12.7 Å². The summed E-state index contributed by atoms with van der Waals surface area (Å²) in [6.45, 7) is 16.7. The van der Waals surface area contributed by atoms with Gasteiger partial charge in [0.15, 0.2) is 8.32 Å². The summed E-state index contributed by atoms with van der Waals surface area (Å²) in [4.78, 5) is 23.5. The molecule has 0 aromatic rings. The van der Waals surface area contributed by atoms with Crippen molar-refractivity contribution in [2.24, 2.45) is 11.3 Å². The van der Waals surface area contributed by atoms with E-state index in [0.717, 1.165) is 0 Å². The summed E-state index contributed by atoms with van der Waals surface area (Å²) in [5, 5.41) is 0.0791. The Hall–Kier alpha value is -1.14. The molecule has 0 amide bonds. The van der Waals surface area contributed by atoms with Crippen molar-refractivity contribution in [3.63, 3.8) is 0 Å². The van der Waals surface area contributed by atoms with Gasteiger partial charge in [-0.15, -0.1) is 0 Å². The van der Waals surface area contributed by atoms with Gasteiger partial charge in [-0.2, -0.15) is 0 Å². The monoisotopic (exact) mass is 356 g/mol. The van der Waals surface area contributed by atoms with E-state index in [1.807, 2.05) is 20.8 Å². The summed E-state index contributed by atoms with van der Waals surface area (Å²) in [7, 11) is -1.94. The number of carbonyl (C=O) groups is 2. The second-order valence-corrected chi connectivity index (χ2v) is 13.7. The average Bonchev–Trinajstić information content (AvgIpc) is 2.41. The highest BCUT2D eigenvalue weighted by Gasteiger charge is 2.39. The fourth-order valence-corrected chi connectivity index (χ4v) is 2.83. The smallest absolute Gasteiger partial charge is 0.330 e. The van der Waals surface area contributed by atoms with Crippen LogP contribution < -0.4 is 0 Å². The van der Waals surface area contributed by atoms with E-state index in [2.05, 4.69) is 33.9 Å². The van der Waals surface area contributed by atoms with Crippen LogP contribution in [0.1, 0.15) is 41.5 Å². The van der Waals surface area contributed by atoms with Crippen LogP contribution in [0.15, 0.2) is 12.2 Å². The van der Waals surface area contributed by atoms with E-state index in [4.69, 9.17) is 13.9 Å². The van der Waals surface area contributed by atoms with Gasteiger partial charge in [-0.25, -0.2) is 4.79 Å². The quantitative estimate of drug-likeness (QED) is 0.555. The number of ether oxygens (including phenoxy) is 2. The minimum Gasteiger partial charge on any atom is -0.465 e. The maximum absolute atomic E-state index is 11.9. The molecule has 0 fully saturated rings. The largest absolute Gasteiger partial charge is 0.465 e. The molecule has 6 heteroatoms. The number of carbonyl (C=O) groups excluding carboxylic acids is 2. The summed E-state index contributed by atoms with van der Waals surface area (Å²) in [5.41, 5.74) is -0.553. The first-order chi connectivity index (χ1) is 10.7. The van der Waals surface area contributed by atoms with Crippen LogP contribution in [0.4, 0.5) is 0 Å². The Labute approximate surface area is 146 Å². The molecule has 0 radical (unpaired) electrons. The van der Waals surface area contributed by atoms with E-state index < -0.39 is 19.8 Å². The molecule has 1 heterocycles. The third-order valence-corrected chi connectivity index (χ3v) is 9.16. The average molecular weight is 357 g/mol. The Morgan fingerprint density at radius 2 is 1.75 bits per heavy atom. The van der Waals surface area contributed by atoms with Gasteiger partial charge in [-0.05, 0) is 38.9 Å². The highest BCUT2D eigenvalue weighted by molar-refractivity contribution is 6.74. The number of esters is 2. The zero-order valence-electron chi connectivity index (χ0n) is 16.3. The number of rotatable bonds is 5. The summed E-state index contributed by atoms with van der Waals surface area (Å²) >= 11 is 0. The maximum Gasteiger partial charge on any atom is 0.330 e. The van der Waals surface area contributed by atoms with Crippen molar-refractivity contribution in [2.75, 3.05) is 13.2 Å². The van der Waals surface area contributed by atoms with Crippen LogP contribution in [0.25, 0.3) is 0 Å². The molecule has 1 aliphatic rings. The van der Waals surface area contributed by atoms with E-state index in [-0.39, 0.29) is 29.5 Å². The SMILES string of the molecule is CC(C)(C)C(=O)OC[C@@H]1C=CC(=O)O[C@H]1CO[Si](C)(C)C(C)(C)C. The van der Waals surface area contributed by atoms with Crippen molar-refractivity contribution in [1.29, 1.82) is 0 Å². The van der Waals surface area contributed by atoms with E-state index in [9.17, 15) is 9.59 Å². The number of hydrogen-bond acceptors (Lipinski definition) is 5. The minimum absolute atomic E-state index is 0.0791. The van der Waals surface area contributed by atoms with Crippen molar-refractivity contribution in [1.82, 2.24) is 0 Å². The van der Waals surface area contributed by atoms with Gasteiger partial charge in [0, 0.05) is 6.08 Å². The lowest BCUT2D eigenvalue weighted by molar-refractivity contribution is -0.158. The molecule has 0 aromatic carbocycles. The van der Waals surface area contributed by atoms with Crippen LogP contribution >= 0.6 is 0 Å². The minimum atomic E-state index is -1.94. The van der Waals surface area contributed by atoms with Crippen molar-refractivity contribution in [3.05, 3.63) is 12.2 Å². The molecule has 24 heavy (non-hydrogen) atoms. The fraction of sp³-hybridized carbons (Fsp3) is 0.778. The predicted molar refractivity (Wildman–Crippen MR) is 96.1 cm³/mol. The van der Waals surface area contributed by atoms with E-state index in [0.29, 0.717) is 6.61 Å². The second kappa shape index (κ2) is 7.40. The van der Waals surface area contributed by atoms with Crippen LogP contribution in [0.5, 0.6) is 0 Å².